The van der Waals surface area contributed by atoms with E-state index in [0.717, 1.165) is 0 Å². The van der Waals surface area contributed by atoms with Gasteiger partial charge in [0.25, 0.3) is 5.91 Å². The molecule has 1 amide bonds. The van der Waals surface area contributed by atoms with Gasteiger partial charge in [-0.3, -0.25) is 9.59 Å². The van der Waals surface area contributed by atoms with Gasteiger partial charge in [0.05, 0.1) is 15.8 Å². The second-order valence-corrected chi connectivity index (χ2v) is 7.01. The van der Waals surface area contributed by atoms with Crippen molar-refractivity contribution in [3.8, 4) is 5.75 Å². The van der Waals surface area contributed by atoms with Crippen LogP contribution in [-0.2, 0) is 4.79 Å². The molecule has 0 fully saturated rings. The van der Waals surface area contributed by atoms with Crippen LogP contribution in [-0.4, -0.2) is 12.5 Å². The first-order chi connectivity index (χ1) is 13.9. The normalized spacial score (nSPS) is 11.0. The molecule has 1 N–H and O–H groups in total. The molecule has 0 aliphatic carbocycles. The largest absolute Gasteiger partial charge is 0.482 e. The third kappa shape index (κ3) is 3.90. The maximum atomic E-state index is 14.0. The van der Waals surface area contributed by atoms with Gasteiger partial charge in [0, 0.05) is 16.8 Å². The monoisotopic (exact) mass is 431 g/mol. The van der Waals surface area contributed by atoms with Gasteiger partial charge in [0.1, 0.15) is 11.3 Å². The van der Waals surface area contributed by atoms with Crippen molar-refractivity contribution in [1.29, 1.82) is 0 Å². The number of carbonyl (C=O) groups excluding carboxylic acids is 1. The van der Waals surface area contributed by atoms with E-state index in [1.165, 1.54) is 36.4 Å². The van der Waals surface area contributed by atoms with Gasteiger partial charge in [-0.2, -0.15) is 0 Å². The fourth-order valence-corrected chi connectivity index (χ4v) is 3.31. The Morgan fingerprint density at radius 2 is 1.90 bits per heavy atom. The zero-order chi connectivity index (χ0) is 20.5. The van der Waals surface area contributed by atoms with Crippen molar-refractivity contribution < 1.29 is 18.3 Å². The van der Waals surface area contributed by atoms with E-state index in [9.17, 15) is 14.0 Å². The molecule has 0 aliphatic rings. The van der Waals surface area contributed by atoms with E-state index < -0.39 is 11.7 Å². The Balaban J connectivity index is 1.56. The lowest BCUT2D eigenvalue weighted by atomic mass is 10.1. The van der Waals surface area contributed by atoms with Crippen molar-refractivity contribution in [2.24, 2.45) is 0 Å². The minimum atomic E-state index is -0.635. The molecule has 0 aliphatic heterocycles. The third-order valence-corrected chi connectivity index (χ3v) is 4.72. The van der Waals surface area contributed by atoms with Crippen LogP contribution in [0.4, 0.5) is 10.1 Å². The molecule has 4 aromatic rings. The lowest BCUT2D eigenvalue weighted by Gasteiger charge is -2.09. The maximum absolute atomic E-state index is 14.0. The number of hydrogen-bond acceptors (Lipinski definition) is 4. The molecule has 0 spiro atoms. The fourth-order valence-electron chi connectivity index (χ4n) is 2.85. The molecular formula is C21H12Cl2FNO4. The van der Waals surface area contributed by atoms with Crippen LogP contribution in [0.2, 0.25) is 10.0 Å². The predicted molar refractivity (Wildman–Crippen MR) is 111 cm³/mol. The summed E-state index contributed by atoms with van der Waals surface area (Å²) < 4.78 is 24.9. The minimum absolute atomic E-state index is 0.130. The van der Waals surface area contributed by atoms with Crippen LogP contribution in [0.25, 0.3) is 21.9 Å². The molecule has 0 saturated heterocycles. The summed E-state index contributed by atoms with van der Waals surface area (Å²) in [6, 6.07) is 13.3. The van der Waals surface area contributed by atoms with Crippen molar-refractivity contribution >= 4 is 56.7 Å². The smallest absolute Gasteiger partial charge is 0.262 e. The zero-order valence-corrected chi connectivity index (χ0v) is 16.2. The van der Waals surface area contributed by atoms with Crippen LogP contribution in [0.15, 0.2) is 63.8 Å². The molecule has 1 heterocycles. The quantitative estimate of drug-likeness (QED) is 0.438. The van der Waals surface area contributed by atoms with Crippen LogP contribution >= 0.6 is 23.2 Å². The number of benzene rings is 3. The topological polar surface area (TPSA) is 68.5 Å². The molecule has 29 heavy (non-hydrogen) atoms. The summed E-state index contributed by atoms with van der Waals surface area (Å²) >= 11 is 11.8. The second-order valence-electron chi connectivity index (χ2n) is 6.17. The molecule has 5 nitrogen and oxygen atoms in total. The number of fused-ring (bicyclic) bond motifs is 2. The van der Waals surface area contributed by atoms with Crippen molar-refractivity contribution in [3.63, 3.8) is 0 Å². The van der Waals surface area contributed by atoms with E-state index in [-0.39, 0.29) is 39.0 Å². The lowest BCUT2D eigenvalue weighted by Crippen LogP contribution is -2.20. The number of ether oxygens (including phenoxy) is 1. The van der Waals surface area contributed by atoms with Gasteiger partial charge in [-0.25, -0.2) is 4.39 Å². The third-order valence-electron chi connectivity index (χ3n) is 4.19. The minimum Gasteiger partial charge on any atom is -0.482 e. The summed E-state index contributed by atoms with van der Waals surface area (Å²) in [4.78, 5) is 24.7. The first kappa shape index (κ1) is 19.2. The molecule has 0 saturated carbocycles. The predicted octanol–water partition coefficient (Wildman–Crippen LogP) is 5.41. The van der Waals surface area contributed by atoms with Gasteiger partial charge < -0.3 is 14.5 Å². The van der Waals surface area contributed by atoms with E-state index in [1.54, 1.807) is 18.2 Å². The van der Waals surface area contributed by atoms with E-state index in [4.69, 9.17) is 32.4 Å². The average Bonchev–Trinajstić information content (AvgIpc) is 2.68. The van der Waals surface area contributed by atoms with E-state index in [1.807, 2.05) is 0 Å². The average molecular weight is 432 g/mol. The Hall–Kier alpha value is -3.09. The zero-order valence-electron chi connectivity index (χ0n) is 14.7. The Morgan fingerprint density at radius 3 is 2.69 bits per heavy atom. The molecular weight excluding hydrogens is 420 g/mol. The highest BCUT2D eigenvalue weighted by atomic mass is 35.5. The summed E-state index contributed by atoms with van der Waals surface area (Å²) in [6.45, 7) is -0.296. The van der Waals surface area contributed by atoms with Crippen molar-refractivity contribution in [3.05, 3.63) is 80.7 Å². The number of para-hydroxylation sites is 1. The number of nitrogens with one attached hydrogen (secondary N) is 1. The maximum Gasteiger partial charge on any atom is 0.262 e. The van der Waals surface area contributed by atoms with Crippen molar-refractivity contribution in [2.75, 3.05) is 11.9 Å². The Kier molecular flexibility index (Phi) is 5.13. The number of anilines is 1. The second kappa shape index (κ2) is 7.73. The Morgan fingerprint density at radius 1 is 1.07 bits per heavy atom. The Bertz CT molecular complexity index is 1320. The highest BCUT2D eigenvalue weighted by molar-refractivity contribution is 6.35. The SMILES string of the molecule is O=C(COc1ccc(Cl)cc1Cl)Nc1ccc2c(=O)c3cccc(F)c3oc2c1. The number of amides is 1. The molecule has 0 unspecified atom stereocenters. The molecule has 0 bridgehead atoms. The molecule has 146 valence electrons. The number of hydrogen-bond donors (Lipinski definition) is 1. The first-order valence-electron chi connectivity index (χ1n) is 8.45. The van der Waals surface area contributed by atoms with Gasteiger partial charge in [0.2, 0.25) is 5.43 Å². The molecule has 0 radical (unpaired) electrons. The summed E-state index contributed by atoms with van der Waals surface area (Å²) in [5, 5.41) is 3.80. The molecule has 8 heteroatoms. The molecule has 1 aromatic heterocycles. The molecule has 3 aromatic carbocycles. The van der Waals surface area contributed by atoms with E-state index >= 15 is 0 Å². The van der Waals surface area contributed by atoms with Gasteiger partial charge in [0.15, 0.2) is 18.0 Å². The lowest BCUT2D eigenvalue weighted by molar-refractivity contribution is -0.118. The van der Waals surface area contributed by atoms with Gasteiger partial charge >= 0.3 is 0 Å². The fraction of sp³-hybridized carbons (Fsp3) is 0.0476. The van der Waals surface area contributed by atoms with Gasteiger partial charge in [-0.1, -0.05) is 29.3 Å². The Labute approximate surface area is 173 Å². The van der Waals surface area contributed by atoms with Crippen molar-refractivity contribution in [1.82, 2.24) is 0 Å². The summed E-state index contributed by atoms with van der Waals surface area (Å²) in [5.74, 6) is -0.772. The summed E-state index contributed by atoms with van der Waals surface area (Å²) in [5.41, 5.74) is 0.0488. The van der Waals surface area contributed by atoms with E-state index in [2.05, 4.69) is 5.32 Å². The summed E-state index contributed by atoms with van der Waals surface area (Å²) in [7, 11) is 0. The number of carbonyl (C=O) groups is 1. The van der Waals surface area contributed by atoms with Crippen LogP contribution in [0.1, 0.15) is 0 Å². The highest BCUT2D eigenvalue weighted by Gasteiger charge is 2.13. The molecule has 4 rings (SSSR count). The van der Waals surface area contributed by atoms with Crippen LogP contribution in [0, 0.1) is 5.82 Å². The van der Waals surface area contributed by atoms with Crippen LogP contribution in [0.3, 0.4) is 0 Å². The number of rotatable bonds is 4. The standard InChI is InChI=1S/C21H12Cl2FNO4/c22-11-4-7-17(15(23)8-11)28-10-19(26)25-12-5-6-13-18(9-12)29-21-14(20(13)27)2-1-3-16(21)24/h1-9H,10H2,(H,25,26). The first-order valence-corrected chi connectivity index (χ1v) is 9.21. The number of halogens is 3. The van der Waals surface area contributed by atoms with Crippen LogP contribution in [0.5, 0.6) is 5.75 Å². The van der Waals surface area contributed by atoms with Crippen molar-refractivity contribution in [2.45, 2.75) is 0 Å². The molecule has 0 atom stereocenters. The van der Waals surface area contributed by atoms with Gasteiger partial charge in [-0.15, -0.1) is 0 Å². The summed E-state index contributed by atoms with van der Waals surface area (Å²) in [6.07, 6.45) is 0. The van der Waals surface area contributed by atoms with Gasteiger partial charge in [-0.05, 0) is 42.5 Å². The van der Waals surface area contributed by atoms with Crippen LogP contribution < -0.4 is 15.5 Å². The van der Waals surface area contributed by atoms with E-state index in [0.29, 0.717) is 16.5 Å². The highest BCUT2D eigenvalue weighted by Crippen LogP contribution is 2.27.